The Labute approximate surface area is 99.4 Å². The molecule has 1 aromatic heterocycles. The van der Waals surface area contributed by atoms with Crippen molar-refractivity contribution in [3.63, 3.8) is 0 Å². The molecule has 1 rings (SSSR count). The summed E-state index contributed by atoms with van der Waals surface area (Å²) < 4.78 is 4.89. The highest BCUT2D eigenvalue weighted by Gasteiger charge is 2.11. The lowest BCUT2D eigenvalue weighted by Crippen LogP contribution is -2.08. The van der Waals surface area contributed by atoms with Gasteiger partial charge in [0.15, 0.2) is 5.78 Å². The summed E-state index contributed by atoms with van der Waals surface area (Å²) >= 11 is 1.46. The second-order valence-corrected chi connectivity index (χ2v) is 4.84. The van der Waals surface area contributed by atoms with E-state index in [9.17, 15) is 9.59 Å². The van der Waals surface area contributed by atoms with E-state index < -0.39 is 0 Å². The van der Waals surface area contributed by atoms with Gasteiger partial charge in [-0.25, -0.2) is 0 Å². The first kappa shape index (κ1) is 12.9. The molecule has 0 unspecified atom stereocenters. The third-order valence-corrected chi connectivity index (χ3v) is 3.08. The zero-order valence-electron chi connectivity index (χ0n) is 9.62. The third-order valence-electron chi connectivity index (χ3n) is 2.04. The number of hydrogen-bond acceptors (Lipinski definition) is 4. The van der Waals surface area contributed by atoms with Gasteiger partial charge < -0.3 is 4.74 Å². The molecule has 0 fully saturated rings. The first-order valence-corrected chi connectivity index (χ1v) is 6.20. The van der Waals surface area contributed by atoms with Crippen LogP contribution in [0.2, 0.25) is 0 Å². The van der Waals surface area contributed by atoms with E-state index >= 15 is 0 Å². The van der Waals surface area contributed by atoms with Crippen molar-refractivity contribution in [1.82, 2.24) is 0 Å². The van der Waals surface area contributed by atoms with Gasteiger partial charge >= 0.3 is 5.97 Å². The second-order valence-electron chi connectivity index (χ2n) is 3.55. The molecule has 1 aromatic rings. The maximum Gasteiger partial charge on any atom is 0.306 e. The number of aryl methyl sites for hydroxylation is 1. The van der Waals surface area contributed by atoms with Crippen LogP contribution in [0, 0.1) is 6.92 Å². The summed E-state index contributed by atoms with van der Waals surface area (Å²) in [5, 5.41) is 0. The van der Waals surface area contributed by atoms with Crippen LogP contribution in [-0.2, 0) is 9.53 Å². The Morgan fingerprint density at radius 2 is 2.06 bits per heavy atom. The number of hydrogen-bond donors (Lipinski definition) is 0. The van der Waals surface area contributed by atoms with Gasteiger partial charge in [-0.2, -0.15) is 0 Å². The van der Waals surface area contributed by atoms with E-state index in [0.29, 0.717) is 6.61 Å². The van der Waals surface area contributed by atoms with Gasteiger partial charge in [0, 0.05) is 11.3 Å². The van der Waals surface area contributed by atoms with E-state index in [4.69, 9.17) is 4.74 Å². The molecule has 0 aliphatic rings. The number of esters is 1. The summed E-state index contributed by atoms with van der Waals surface area (Å²) in [7, 11) is 0. The van der Waals surface area contributed by atoms with Crippen molar-refractivity contribution in [2.45, 2.75) is 33.1 Å². The van der Waals surface area contributed by atoms with Crippen LogP contribution in [0.1, 0.15) is 40.7 Å². The normalized spacial score (nSPS) is 10.1. The summed E-state index contributed by atoms with van der Waals surface area (Å²) in [6.45, 7) is 4.33. The lowest BCUT2D eigenvalue weighted by molar-refractivity contribution is -0.143. The van der Waals surface area contributed by atoms with Gasteiger partial charge in [0.1, 0.15) is 0 Å². The van der Waals surface area contributed by atoms with Gasteiger partial charge in [-0.3, -0.25) is 9.59 Å². The molecule has 0 bridgehead atoms. The molecule has 0 aromatic carbocycles. The number of ether oxygens (including phenoxy) is 1. The van der Waals surface area contributed by atoms with Crippen LogP contribution in [0.4, 0.5) is 0 Å². The largest absolute Gasteiger partial charge is 0.466 e. The Morgan fingerprint density at radius 3 is 2.62 bits per heavy atom. The molecular formula is C12H16O3S. The van der Waals surface area contributed by atoms with Crippen LogP contribution in [-0.4, -0.2) is 18.4 Å². The Morgan fingerprint density at radius 1 is 1.31 bits per heavy atom. The van der Waals surface area contributed by atoms with Crippen molar-refractivity contribution in [2.24, 2.45) is 0 Å². The highest BCUT2D eigenvalue weighted by molar-refractivity contribution is 7.14. The molecular weight excluding hydrogens is 224 g/mol. The number of Topliss-reactive ketones (excluding diaryl/α,β-unsaturated/α-hetero) is 1. The van der Waals surface area contributed by atoms with Gasteiger partial charge in [-0.1, -0.05) is 6.92 Å². The highest BCUT2D eigenvalue weighted by Crippen LogP contribution is 2.17. The lowest BCUT2D eigenvalue weighted by atomic mass is 10.2. The minimum absolute atomic E-state index is 0.0200. The predicted octanol–water partition coefficient (Wildman–Crippen LogP) is 2.97. The monoisotopic (exact) mass is 240 g/mol. The van der Waals surface area contributed by atoms with E-state index in [-0.39, 0.29) is 24.6 Å². The van der Waals surface area contributed by atoms with Crippen molar-refractivity contribution < 1.29 is 14.3 Å². The summed E-state index contributed by atoms with van der Waals surface area (Å²) in [4.78, 5) is 24.6. The molecule has 0 atom stereocenters. The Kier molecular flexibility index (Phi) is 5.19. The number of carbonyl (C=O) groups excluding carboxylic acids is 2. The third kappa shape index (κ3) is 4.14. The number of ketones is 1. The van der Waals surface area contributed by atoms with E-state index in [2.05, 4.69) is 0 Å². The van der Waals surface area contributed by atoms with Crippen LogP contribution in [0.25, 0.3) is 0 Å². The summed E-state index contributed by atoms with van der Waals surface area (Å²) in [5.41, 5.74) is 0. The van der Waals surface area contributed by atoms with Crippen molar-refractivity contribution in [3.8, 4) is 0 Å². The van der Waals surface area contributed by atoms with Crippen LogP contribution in [0.15, 0.2) is 12.1 Å². The SMILES string of the molecule is CCCOC(=O)CCC(=O)c1ccc(C)s1. The van der Waals surface area contributed by atoms with E-state index in [1.54, 1.807) is 6.07 Å². The summed E-state index contributed by atoms with van der Waals surface area (Å²) in [6.07, 6.45) is 1.22. The molecule has 0 N–H and O–H groups in total. The standard InChI is InChI=1S/C12H16O3S/c1-3-8-15-12(14)7-5-10(13)11-6-4-9(2)16-11/h4,6H,3,5,7-8H2,1-2H3. The predicted molar refractivity (Wildman–Crippen MR) is 63.9 cm³/mol. The molecule has 1 heterocycles. The number of thiophene rings is 1. The van der Waals surface area contributed by atoms with E-state index in [1.807, 2.05) is 19.9 Å². The average Bonchev–Trinajstić information content (AvgIpc) is 2.69. The minimum atomic E-state index is -0.288. The van der Waals surface area contributed by atoms with Crippen LogP contribution in [0.5, 0.6) is 0 Å². The molecule has 88 valence electrons. The molecule has 0 aliphatic carbocycles. The van der Waals surface area contributed by atoms with Crippen molar-refractivity contribution in [3.05, 3.63) is 21.9 Å². The molecule has 0 spiro atoms. The zero-order chi connectivity index (χ0) is 12.0. The topological polar surface area (TPSA) is 43.4 Å². The summed E-state index contributed by atoms with van der Waals surface area (Å²) in [6, 6.07) is 3.72. The highest BCUT2D eigenvalue weighted by atomic mass is 32.1. The molecule has 4 heteroatoms. The van der Waals surface area contributed by atoms with Gasteiger partial charge in [0.05, 0.1) is 17.9 Å². The maximum atomic E-state index is 11.6. The molecule has 0 amide bonds. The van der Waals surface area contributed by atoms with E-state index in [1.165, 1.54) is 11.3 Å². The first-order valence-electron chi connectivity index (χ1n) is 5.38. The lowest BCUT2D eigenvalue weighted by Gasteiger charge is -2.01. The van der Waals surface area contributed by atoms with Gasteiger partial charge in [0.25, 0.3) is 0 Å². The molecule has 0 saturated heterocycles. The fourth-order valence-electron chi connectivity index (χ4n) is 1.21. The maximum absolute atomic E-state index is 11.6. The fourth-order valence-corrected chi connectivity index (χ4v) is 2.05. The van der Waals surface area contributed by atoms with Crippen molar-refractivity contribution in [2.75, 3.05) is 6.61 Å². The molecule has 0 radical (unpaired) electrons. The quantitative estimate of drug-likeness (QED) is 0.567. The zero-order valence-corrected chi connectivity index (χ0v) is 10.4. The smallest absolute Gasteiger partial charge is 0.306 e. The van der Waals surface area contributed by atoms with E-state index in [0.717, 1.165) is 16.2 Å². The van der Waals surface area contributed by atoms with Crippen LogP contribution in [0.3, 0.4) is 0 Å². The van der Waals surface area contributed by atoms with Crippen LogP contribution < -0.4 is 0 Å². The molecule has 16 heavy (non-hydrogen) atoms. The molecule has 0 aliphatic heterocycles. The minimum Gasteiger partial charge on any atom is -0.466 e. The number of carbonyl (C=O) groups is 2. The van der Waals surface area contributed by atoms with Crippen molar-refractivity contribution in [1.29, 1.82) is 0 Å². The second kappa shape index (κ2) is 6.43. The Hall–Kier alpha value is -1.16. The van der Waals surface area contributed by atoms with Gasteiger partial charge in [-0.15, -0.1) is 11.3 Å². The van der Waals surface area contributed by atoms with Crippen LogP contribution >= 0.6 is 11.3 Å². The Balaban J connectivity index is 2.33. The molecule has 0 saturated carbocycles. The van der Waals surface area contributed by atoms with Gasteiger partial charge in [-0.05, 0) is 25.5 Å². The summed E-state index contributed by atoms with van der Waals surface area (Å²) in [5.74, 6) is -0.268. The van der Waals surface area contributed by atoms with Crippen molar-refractivity contribution >= 4 is 23.1 Å². The average molecular weight is 240 g/mol. The first-order chi connectivity index (χ1) is 7.63. The number of rotatable bonds is 6. The molecule has 3 nitrogen and oxygen atoms in total. The fraction of sp³-hybridized carbons (Fsp3) is 0.500. The van der Waals surface area contributed by atoms with Gasteiger partial charge in [0.2, 0.25) is 0 Å². The Bertz CT molecular complexity index is 368.